The lowest BCUT2D eigenvalue weighted by atomic mass is 10.00. The summed E-state index contributed by atoms with van der Waals surface area (Å²) >= 11 is 0. The first-order chi connectivity index (χ1) is 13.0. The molecular formula is C19H15N3O5. The van der Waals surface area contributed by atoms with Crippen molar-refractivity contribution in [3.05, 3.63) is 80.8 Å². The molecule has 0 saturated carbocycles. The minimum atomic E-state index is -0.645. The van der Waals surface area contributed by atoms with Gasteiger partial charge in [0, 0.05) is 17.7 Å². The van der Waals surface area contributed by atoms with Crippen LogP contribution in [0.5, 0.6) is 0 Å². The smallest absolute Gasteiger partial charge is 0.346 e. The predicted molar refractivity (Wildman–Crippen MR) is 98.3 cm³/mol. The molecule has 0 radical (unpaired) electrons. The van der Waals surface area contributed by atoms with Crippen LogP contribution in [-0.2, 0) is 4.74 Å². The van der Waals surface area contributed by atoms with Crippen molar-refractivity contribution in [2.45, 2.75) is 6.92 Å². The molecule has 136 valence electrons. The van der Waals surface area contributed by atoms with Gasteiger partial charge in [-0.25, -0.2) is 9.59 Å². The Bertz CT molecular complexity index is 1040. The molecule has 8 heteroatoms. The Morgan fingerprint density at radius 1 is 1.11 bits per heavy atom. The number of non-ortho nitro benzene ring substituents is 1. The molecule has 8 nitrogen and oxygen atoms in total. The molecule has 27 heavy (non-hydrogen) atoms. The fourth-order valence-electron chi connectivity index (χ4n) is 2.65. The van der Waals surface area contributed by atoms with E-state index in [1.165, 1.54) is 24.3 Å². The summed E-state index contributed by atoms with van der Waals surface area (Å²) in [5.74, 6) is -0.645. The highest BCUT2D eigenvalue weighted by molar-refractivity contribution is 6.02. The zero-order valence-electron chi connectivity index (χ0n) is 14.3. The molecule has 1 N–H and O–H groups in total. The zero-order chi connectivity index (χ0) is 19.4. The second-order valence-electron chi connectivity index (χ2n) is 5.53. The number of carbonyl (C=O) groups excluding carboxylic acids is 1. The molecule has 2 aromatic carbocycles. The molecule has 0 atom stereocenters. The largest absolute Gasteiger partial charge is 0.462 e. The van der Waals surface area contributed by atoms with Gasteiger partial charge in [0.25, 0.3) is 5.69 Å². The summed E-state index contributed by atoms with van der Waals surface area (Å²) in [7, 11) is 0. The van der Waals surface area contributed by atoms with Crippen molar-refractivity contribution in [2.75, 3.05) is 6.61 Å². The number of benzene rings is 2. The summed E-state index contributed by atoms with van der Waals surface area (Å²) < 4.78 is 5.14. The van der Waals surface area contributed by atoms with Crippen LogP contribution in [-0.4, -0.2) is 27.5 Å². The van der Waals surface area contributed by atoms with Crippen molar-refractivity contribution in [3.63, 3.8) is 0 Å². The zero-order valence-corrected chi connectivity index (χ0v) is 14.3. The first-order valence-electron chi connectivity index (χ1n) is 8.13. The standard InChI is InChI=1S/C19H15N3O5/c1-2-27-18(23)15-16(12-6-4-3-5-7-12)20-19(24)21-17(15)13-8-10-14(11-9-13)22(25)26/h3-11H,2H2,1H3,(H,20,21,24). The molecule has 1 heterocycles. The van der Waals surface area contributed by atoms with Gasteiger partial charge in [0.1, 0.15) is 5.56 Å². The summed E-state index contributed by atoms with van der Waals surface area (Å²) in [6.45, 7) is 1.82. The molecule has 0 bridgehead atoms. The maximum absolute atomic E-state index is 12.6. The fourth-order valence-corrected chi connectivity index (χ4v) is 2.65. The Morgan fingerprint density at radius 2 is 1.78 bits per heavy atom. The first kappa shape index (κ1) is 18.0. The topological polar surface area (TPSA) is 115 Å². The number of esters is 1. The molecule has 0 unspecified atom stereocenters. The maximum Gasteiger partial charge on any atom is 0.346 e. The van der Waals surface area contributed by atoms with Crippen LogP contribution in [0.4, 0.5) is 5.69 Å². The Labute approximate surface area is 153 Å². The van der Waals surface area contributed by atoms with E-state index in [0.29, 0.717) is 11.1 Å². The number of nitrogens with zero attached hydrogens (tertiary/aromatic N) is 2. The molecule has 0 aliphatic heterocycles. The highest BCUT2D eigenvalue weighted by atomic mass is 16.6. The SMILES string of the molecule is CCOC(=O)c1c(-c2ccccc2)nc(=O)[nH]c1-c1ccc([N+](=O)[O-])cc1. The lowest BCUT2D eigenvalue weighted by molar-refractivity contribution is -0.384. The summed E-state index contributed by atoms with van der Waals surface area (Å²) in [4.78, 5) is 41.6. The minimum absolute atomic E-state index is 0.0940. The number of nitro benzene ring substituents is 1. The number of aromatic amines is 1. The summed E-state index contributed by atoms with van der Waals surface area (Å²) in [6.07, 6.45) is 0. The average Bonchev–Trinajstić information content (AvgIpc) is 2.68. The Hall–Kier alpha value is -3.81. The van der Waals surface area contributed by atoms with Crippen LogP contribution >= 0.6 is 0 Å². The van der Waals surface area contributed by atoms with Crippen molar-refractivity contribution in [2.24, 2.45) is 0 Å². The second-order valence-corrected chi connectivity index (χ2v) is 5.53. The lowest BCUT2D eigenvalue weighted by Crippen LogP contribution is -2.19. The molecule has 3 rings (SSSR count). The van der Waals surface area contributed by atoms with E-state index < -0.39 is 16.6 Å². The normalized spacial score (nSPS) is 10.4. The van der Waals surface area contributed by atoms with Crippen LogP contribution in [0.15, 0.2) is 59.4 Å². The van der Waals surface area contributed by atoms with Crippen LogP contribution in [0.2, 0.25) is 0 Å². The van der Waals surface area contributed by atoms with Gasteiger partial charge in [-0.1, -0.05) is 30.3 Å². The van der Waals surface area contributed by atoms with Crippen molar-refractivity contribution in [3.8, 4) is 22.5 Å². The Balaban J connectivity index is 2.26. The second kappa shape index (κ2) is 7.61. The molecule has 1 aromatic heterocycles. The van der Waals surface area contributed by atoms with E-state index in [-0.39, 0.29) is 29.2 Å². The minimum Gasteiger partial charge on any atom is -0.462 e. The Morgan fingerprint density at radius 3 is 2.37 bits per heavy atom. The van der Waals surface area contributed by atoms with E-state index >= 15 is 0 Å². The predicted octanol–water partition coefficient (Wildman–Crippen LogP) is 3.19. The average molecular weight is 365 g/mol. The van der Waals surface area contributed by atoms with Crippen molar-refractivity contribution in [1.29, 1.82) is 0 Å². The quantitative estimate of drug-likeness (QED) is 0.422. The molecule has 0 aliphatic carbocycles. The summed E-state index contributed by atoms with van der Waals surface area (Å²) in [5, 5.41) is 10.9. The highest BCUT2D eigenvalue weighted by Crippen LogP contribution is 2.29. The summed E-state index contributed by atoms with van der Waals surface area (Å²) in [5.41, 5.74) is 0.742. The number of H-pyrrole nitrogens is 1. The van der Waals surface area contributed by atoms with Crippen molar-refractivity contribution < 1.29 is 14.5 Å². The molecule has 0 fully saturated rings. The summed E-state index contributed by atoms with van der Waals surface area (Å²) in [6, 6.07) is 14.3. The maximum atomic E-state index is 12.6. The number of carbonyl (C=O) groups is 1. The van der Waals surface area contributed by atoms with Crippen LogP contribution < -0.4 is 5.69 Å². The third kappa shape index (κ3) is 3.74. The van der Waals surface area contributed by atoms with Gasteiger partial charge in [0.2, 0.25) is 0 Å². The van der Waals surface area contributed by atoms with Gasteiger partial charge < -0.3 is 9.72 Å². The van der Waals surface area contributed by atoms with E-state index in [1.54, 1.807) is 37.3 Å². The van der Waals surface area contributed by atoms with E-state index in [9.17, 15) is 19.7 Å². The molecular weight excluding hydrogens is 350 g/mol. The fraction of sp³-hybridized carbons (Fsp3) is 0.105. The number of rotatable bonds is 5. The van der Waals surface area contributed by atoms with E-state index in [2.05, 4.69) is 9.97 Å². The van der Waals surface area contributed by atoms with Gasteiger partial charge in [-0.3, -0.25) is 10.1 Å². The number of ether oxygens (including phenoxy) is 1. The van der Waals surface area contributed by atoms with Gasteiger partial charge in [-0.15, -0.1) is 0 Å². The van der Waals surface area contributed by atoms with Crippen LogP contribution in [0, 0.1) is 10.1 Å². The van der Waals surface area contributed by atoms with Crippen molar-refractivity contribution >= 4 is 11.7 Å². The van der Waals surface area contributed by atoms with Gasteiger partial charge in [0.05, 0.1) is 22.9 Å². The van der Waals surface area contributed by atoms with Gasteiger partial charge >= 0.3 is 11.7 Å². The third-order valence-electron chi connectivity index (χ3n) is 3.83. The van der Waals surface area contributed by atoms with Crippen LogP contribution in [0.25, 0.3) is 22.5 Å². The highest BCUT2D eigenvalue weighted by Gasteiger charge is 2.23. The van der Waals surface area contributed by atoms with E-state index in [0.717, 1.165) is 0 Å². The number of nitro groups is 1. The monoisotopic (exact) mass is 365 g/mol. The lowest BCUT2D eigenvalue weighted by Gasteiger charge is -2.13. The number of aromatic nitrogens is 2. The van der Waals surface area contributed by atoms with E-state index in [4.69, 9.17) is 4.74 Å². The molecule has 3 aromatic rings. The molecule has 0 saturated heterocycles. The molecule has 0 amide bonds. The molecule has 0 spiro atoms. The molecule has 0 aliphatic rings. The van der Waals surface area contributed by atoms with Crippen LogP contribution in [0.1, 0.15) is 17.3 Å². The first-order valence-corrected chi connectivity index (χ1v) is 8.13. The Kier molecular flexibility index (Phi) is 5.07. The number of hydrogen-bond acceptors (Lipinski definition) is 6. The van der Waals surface area contributed by atoms with Crippen molar-refractivity contribution in [1.82, 2.24) is 9.97 Å². The third-order valence-corrected chi connectivity index (χ3v) is 3.83. The number of nitrogens with one attached hydrogen (secondary N) is 1. The van der Waals surface area contributed by atoms with Crippen LogP contribution in [0.3, 0.4) is 0 Å². The van der Waals surface area contributed by atoms with Gasteiger partial charge in [0.15, 0.2) is 0 Å². The van der Waals surface area contributed by atoms with E-state index in [1.807, 2.05) is 0 Å². The van der Waals surface area contributed by atoms with Gasteiger partial charge in [-0.2, -0.15) is 4.98 Å². The van der Waals surface area contributed by atoms with Gasteiger partial charge in [-0.05, 0) is 24.6 Å². The number of hydrogen-bond donors (Lipinski definition) is 1.